The second-order valence-corrected chi connectivity index (χ2v) is 12.8. The van der Waals surface area contributed by atoms with Crippen molar-refractivity contribution in [1.29, 1.82) is 0 Å². The third-order valence-electron chi connectivity index (χ3n) is 9.83. The number of allylic oxidation sites excluding steroid dienone is 3. The molecular weight excluding hydrogens is 566 g/mol. The van der Waals surface area contributed by atoms with Crippen molar-refractivity contribution in [3.8, 4) is 11.8 Å². The van der Waals surface area contributed by atoms with Crippen LogP contribution in [0.2, 0.25) is 0 Å². The van der Waals surface area contributed by atoms with E-state index in [4.69, 9.17) is 9.47 Å². The molecule has 4 aliphatic carbocycles. The maximum absolute atomic E-state index is 13.1. The summed E-state index contributed by atoms with van der Waals surface area (Å²) in [5, 5.41) is 9.44. The second-order valence-electron chi connectivity index (χ2n) is 12.8. The molecule has 5 nitrogen and oxygen atoms in total. The second kappa shape index (κ2) is 11.5. The molecule has 4 fully saturated rings. The van der Waals surface area contributed by atoms with E-state index in [2.05, 4.69) is 18.9 Å². The van der Waals surface area contributed by atoms with Crippen LogP contribution in [0.25, 0.3) is 0 Å². The minimum atomic E-state index is -5.95. The number of fused-ring (bicyclic) bond motifs is 1. The fourth-order valence-electron chi connectivity index (χ4n) is 7.84. The summed E-state index contributed by atoms with van der Waals surface area (Å²) in [5.74, 6) is 2.78. The van der Waals surface area contributed by atoms with Crippen LogP contribution < -0.4 is 0 Å². The highest BCUT2D eigenvalue weighted by atomic mass is 19.4. The standard InChI is InChI=1S/C31H38F6O5/c1-19(38)41-23-16-21(17-24(18-23)42-20(2)39)7-8-22-6-4-11-27(3)25(22)9-10-26(27)28(14-15-28)12-5-13-29(40,30(32,33)34)31(35,36)37/h7-8,23-26,40H,4,6,9-12,14-18H2,1-3H3/b21-7-,22-8+/t23?,24-,25?,26?,27+/m1/s1. The Morgan fingerprint density at radius 1 is 0.952 bits per heavy atom. The molecule has 0 saturated heterocycles. The van der Waals surface area contributed by atoms with Crippen molar-refractivity contribution in [2.24, 2.45) is 22.7 Å². The molecule has 3 unspecified atom stereocenters. The molecule has 11 heteroatoms. The van der Waals surface area contributed by atoms with Gasteiger partial charge >= 0.3 is 29.9 Å². The normalized spacial score (nSPS) is 33.0. The number of hydrogen-bond acceptors (Lipinski definition) is 5. The zero-order chi connectivity index (χ0) is 31.1. The van der Waals surface area contributed by atoms with Gasteiger partial charge in [-0.2, -0.15) is 26.3 Å². The van der Waals surface area contributed by atoms with Gasteiger partial charge in [-0.1, -0.05) is 36.1 Å². The van der Waals surface area contributed by atoms with Gasteiger partial charge in [0.05, 0.1) is 0 Å². The van der Waals surface area contributed by atoms with Gasteiger partial charge in [0, 0.05) is 39.5 Å². The Kier molecular flexibility index (Phi) is 8.92. The SMILES string of the molecule is CC(=O)OC1C/C(=C/C=C2\CCC[C@@]3(C)C2CCC3C2(CC#CC(O)(C(F)(F)F)C(F)(F)F)CC2)C[C@@H](OC(C)=O)C1. The fraction of sp³-hybridized carbons (Fsp3) is 0.742. The first-order valence-electron chi connectivity index (χ1n) is 14.5. The molecule has 4 rings (SSSR count). The molecule has 0 aromatic rings. The number of carbonyl (C=O) groups is 2. The lowest BCUT2D eigenvalue weighted by Crippen LogP contribution is -2.55. The van der Waals surface area contributed by atoms with Crippen molar-refractivity contribution in [3.05, 3.63) is 23.3 Å². The van der Waals surface area contributed by atoms with Crippen molar-refractivity contribution < 1.29 is 50.5 Å². The fourth-order valence-corrected chi connectivity index (χ4v) is 7.84. The predicted octanol–water partition coefficient (Wildman–Crippen LogP) is 7.13. The van der Waals surface area contributed by atoms with Crippen LogP contribution in [-0.4, -0.2) is 47.2 Å². The first-order valence-corrected chi connectivity index (χ1v) is 14.5. The van der Waals surface area contributed by atoms with Crippen LogP contribution in [0.1, 0.15) is 91.4 Å². The van der Waals surface area contributed by atoms with E-state index in [1.807, 2.05) is 6.08 Å². The quantitative estimate of drug-likeness (QED) is 0.205. The summed E-state index contributed by atoms with van der Waals surface area (Å²) in [7, 11) is 0. The van der Waals surface area contributed by atoms with Gasteiger partial charge in [0.1, 0.15) is 12.2 Å². The molecule has 42 heavy (non-hydrogen) atoms. The molecule has 0 aromatic carbocycles. The number of halogens is 6. The van der Waals surface area contributed by atoms with Crippen LogP contribution in [-0.2, 0) is 19.1 Å². The molecule has 4 saturated carbocycles. The molecule has 0 bridgehead atoms. The lowest BCUT2D eigenvalue weighted by Gasteiger charge is -2.45. The minimum absolute atomic E-state index is 0.0990. The first-order chi connectivity index (χ1) is 19.4. The zero-order valence-electron chi connectivity index (χ0n) is 24.1. The summed E-state index contributed by atoms with van der Waals surface area (Å²) in [6.45, 7) is 4.86. The van der Waals surface area contributed by atoms with Gasteiger partial charge in [-0.3, -0.25) is 9.59 Å². The van der Waals surface area contributed by atoms with E-state index in [-0.39, 0.29) is 35.9 Å². The average Bonchev–Trinajstić information content (AvgIpc) is 3.52. The maximum Gasteiger partial charge on any atom is 0.438 e. The molecule has 234 valence electrons. The molecular formula is C31H38F6O5. The maximum atomic E-state index is 13.1. The van der Waals surface area contributed by atoms with E-state index in [0.717, 1.165) is 43.6 Å². The third kappa shape index (κ3) is 6.53. The van der Waals surface area contributed by atoms with Crippen molar-refractivity contribution in [3.63, 3.8) is 0 Å². The summed E-state index contributed by atoms with van der Waals surface area (Å²) in [4.78, 5) is 23.1. The molecule has 5 atom stereocenters. The highest BCUT2D eigenvalue weighted by molar-refractivity contribution is 5.67. The van der Waals surface area contributed by atoms with E-state index in [1.165, 1.54) is 19.4 Å². The van der Waals surface area contributed by atoms with E-state index in [9.17, 15) is 41.0 Å². The number of ether oxygens (including phenoxy) is 2. The van der Waals surface area contributed by atoms with E-state index >= 15 is 0 Å². The monoisotopic (exact) mass is 604 g/mol. The largest absolute Gasteiger partial charge is 0.462 e. The summed E-state index contributed by atoms with van der Waals surface area (Å²) < 4.78 is 89.4. The molecule has 0 heterocycles. The summed E-state index contributed by atoms with van der Waals surface area (Å²) in [5.41, 5.74) is -3.41. The van der Waals surface area contributed by atoms with Crippen LogP contribution in [0.15, 0.2) is 23.3 Å². The summed E-state index contributed by atoms with van der Waals surface area (Å²) in [6, 6.07) is 0. The lowest BCUT2D eigenvalue weighted by molar-refractivity contribution is -0.343. The molecule has 0 aliphatic heterocycles. The topological polar surface area (TPSA) is 72.8 Å². The van der Waals surface area contributed by atoms with E-state index < -0.39 is 35.3 Å². The Morgan fingerprint density at radius 2 is 1.52 bits per heavy atom. The number of carbonyl (C=O) groups excluding carboxylic acids is 2. The lowest BCUT2D eigenvalue weighted by atomic mass is 9.59. The van der Waals surface area contributed by atoms with Crippen LogP contribution in [0.4, 0.5) is 26.3 Å². The van der Waals surface area contributed by atoms with Crippen LogP contribution >= 0.6 is 0 Å². The smallest absolute Gasteiger partial charge is 0.438 e. The van der Waals surface area contributed by atoms with Crippen molar-refractivity contribution in [1.82, 2.24) is 0 Å². The van der Waals surface area contributed by atoms with Crippen molar-refractivity contribution >= 4 is 11.9 Å². The van der Waals surface area contributed by atoms with E-state index in [0.29, 0.717) is 32.1 Å². The number of rotatable bonds is 5. The third-order valence-corrected chi connectivity index (χ3v) is 9.83. The van der Waals surface area contributed by atoms with Gasteiger partial charge in [0.25, 0.3) is 0 Å². The van der Waals surface area contributed by atoms with Gasteiger partial charge in [-0.05, 0) is 73.5 Å². The summed E-state index contributed by atoms with van der Waals surface area (Å²) >= 11 is 0. The van der Waals surface area contributed by atoms with Crippen LogP contribution in [0, 0.1) is 34.5 Å². The van der Waals surface area contributed by atoms with E-state index in [1.54, 1.807) is 0 Å². The molecule has 0 spiro atoms. The van der Waals surface area contributed by atoms with Crippen molar-refractivity contribution in [2.75, 3.05) is 0 Å². The number of esters is 2. The number of hydrogen-bond donors (Lipinski definition) is 1. The Balaban J connectivity index is 1.52. The molecule has 4 aliphatic rings. The van der Waals surface area contributed by atoms with Gasteiger partial charge in [-0.15, -0.1) is 0 Å². The highest BCUT2D eigenvalue weighted by Gasteiger charge is 2.70. The van der Waals surface area contributed by atoms with Crippen LogP contribution in [0.5, 0.6) is 0 Å². The minimum Gasteiger partial charge on any atom is -0.462 e. The molecule has 0 amide bonds. The Labute approximate surface area is 242 Å². The van der Waals surface area contributed by atoms with Gasteiger partial charge in [0.15, 0.2) is 0 Å². The summed E-state index contributed by atoms with van der Waals surface area (Å²) in [6.07, 6.45) is -1.42. The number of aliphatic hydroxyl groups is 1. The van der Waals surface area contributed by atoms with Gasteiger partial charge in [0.2, 0.25) is 0 Å². The average molecular weight is 605 g/mol. The predicted molar refractivity (Wildman–Crippen MR) is 140 cm³/mol. The zero-order valence-corrected chi connectivity index (χ0v) is 24.1. The van der Waals surface area contributed by atoms with Gasteiger partial charge < -0.3 is 14.6 Å². The Bertz CT molecular complexity index is 1140. The molecule has 1 N–H and O–H groups in total. The molecule has 0 radical (unpaired) electrons. The van der Waals surface area contributed by atoms with Gasteiger partial charge in [-0.25, -0.2) is 0 Å². The Hall–Kier alpha value is -2.48. The molecule has 0 aromatic heterocycles. The van der Waals surface area contributed by atoms with Crippen LogP contribution in [0.3, 0.4) is 0 Å². The Morgan fingerprint density at radius 3 is 2.02 bits per heavy atom. The number of alkyl halides is 6. The first kappa shape index (κ1) is 32.4. The van der Waals surface area contributed by atoms with Crippen molar-refractivity contribution in [2.45, 2.75) is 122 Å². The highest BCUT2D eigenvalue weighted by Crippen LogP contribution is 2.69.